The molecule has 0 bridgehead atoms. The predicted octanol–water partition coefficient (Wildman–Crippen LogP) is 3.21. The molecule has 106 valence electrons. The molecule has 7 heteroatoms. The lowest BCUT2D eigenvalue weighted by molar-refractivity contribution is 0.453. The van der Waals surface area contributed by atoms with Crippen LogP contribution in [0.5, 0.6) is 0 Å². The summed E-state index contributed by atoms with van der Waals surface area (Å²) in [5, 5.41) is 0. The van der Waals surface area contributed by atoms with E-state index < -0.39 is 10.0 Å². The molecule has 1 aliphatic heterocycles. The molecule has 1 aromatic rings. The molecular weight excluding hydrogens is 396 g/mol. The van der Waals surface area contributed by atoms with Crippen molar-refractivity contribution < 1.29 is 8.42 Å². The van der Waals surface area contributed by atoms with Crippen molar-refractivity contribution in [1.29, 1.82) is 0 Å². The van der Waals surface area contributed by atoms with Crippen LogP contribution in [0, 0.1) is 5.92 Å². The fraction of sp³-hybridized carbons (Fsp3) is 0.500. The van der Waals surface area contributed by atoms with E-state index in [1.165, 1.54) is 4.31 Å². The Hall–Kier alpha value is -0.110. The zero-order chi connectivity index (χ0) is 14.2. The Kier molecular flexibility index (Phi) is 4.59. The Morgan fingerprint density at radius 3 is 2.63 bits per heavy atom. The lowest BCUT2D eigenvalue weighted by Gasteiger charge is -2.19. The minimum atomic E-state index is -3.52. The van der Waals surface area contributed by atoms with Crippen LogP contribution in [0.3, 0.4) is 0 Å². The minimum Gasteiger partial charge on any atom is -0.398 e. The van der Waals surface area contributed by atoms with Gasteiger partial charge < -0.3 is 5.73 Å². The highest BCUT2D eigenvalue weighted by atomic mass is 79.9. The largest absolute Gasteiger partial charge is 0.398 e. The molecule has 4 nitrogen and oxygen atoms in total. The van der Waals surface area contributed by atoms with Crippen molar-refractivity contribution in [1.82, 2.24) is 4.31 Å². The second-order valence-electron chi connectivity index (χ2n) is 4.73. The van der Waals surface area contributed by atoms with Gasteiger partial charge in [0.15, 0.2) is 0 Å². The first-order chi connectivity index (χ1) is 8.86. The number of benzene rings is 1. The van der Waals surface area contributed by atoms with Crippen LogP contribution in [-0.4, -0.2) is 25.8 Å². The molecule has 1 atom stereocenters. The summed E-state index contributed by atoms with van der Waals surface area (Å²) >= 11 is 6.60. The molecule has 1 aliphatic rings. The van der Waals surface area contributed by atoms with Gasteiger partial charge in [-0.3, -0.25) is 0 Å². The number of sulfonamides is 1. The number of hydrogen-bond donors (Lipinski definition) is 1. The summed E-state index contributed by atoms with van der Waals surface area (Å²) in [6.45, 7) is 3.24. The molecule has 2 rings (SSSR count). The molecule has 0 spiro atoms. The van der Waals surface area contributed by atoms with E-state index >= 15 is 0 Å². The van der Waals surface area contributed by atoms with Crippen LogP contribution >= 0.6 is 31.9 Å². The Morgan fingerprint density at radius 1 is 1.42 bits per heavy atom. The molecule has 1 saturated heterocycles. The van der Waals surface area contributed by atoms with Crippen molar-refractivity contribution in [2.75, 3.05) is 18.8 Å². The Labute approximate surface area is 130 Å². The molecule has 19 heavy (non-hydrogen) atoms. The number of nitrogen functional groups attached to an aromatic ring is 1. The topological polar surface area (TPSA) is 63.4 Å². The van der Waals surface area contributed by atoms with Gasteiger partial charge in [0.2, 0.25) is 10.0 Å². The van der Waals surface area contributed by atoms with Gasteiger partial charge in [-0.25, -0.2) is 8.42 Å². The summed E-state index contributed by atoms with van der Waals surface area (Å²) in [7, 11) is -3.52. The number of anilines is 1. The maximum Gasteiger partial charge on any atom is 0.246 e. The van der Waals surface area contributed by atoms with Crippen LogP contribution in [0.4, 0.5) is 5.69 Å². The quantitative estimate of drug-likeness (QED) is 0.776. The first kappa shape index (κ1) is 15.3. The van der Waals surface area contributed by atoms with E-state index in [1.807, 2.05) is 0 Å². The standard InChI is InChI=1S/C12H16Br2N2O2S/c1-2-8-3-4-16(7-8)19(17,18)12-10(14)5-9(13)6-11(12)15/h5-6,8H,2-4,7,15H2,1H3. The van der Waals surface area contributed by atoms with Gasteiger partial charge in [-0.1, -0.05) is 29.3 Å². The Morgan fingerprint density at radius 2 is 2.11 bits per heavy atom. The summed E-state index contributed by atoms with van der Waals surface area (Å²) in [6.07, 6.45) is 1.92. The van der Waals surface area contributed by atoms with Crippen LogP contribution in [0.2, 0.25) is 0 Å². The van der Waals surface area contributed by atoms with Crippen molar-refractivity contribution in [2.45, 2.75) is 24.7 Å². The highest BCUT2D eigenvalue weighted by Crippen LogP contribution is 2.35. The molecule has 1 fully saturated rings. The molecule has 0 aliphatic carbocycles. The van der Waals surface area contributed by atoms with Crippen molar-refractivity contribution in [3.63, 3.8) is 0 Å². The average Bonchev–Trinajstić information content (AvgIpc) is 2.75. The van der Waals surface area contributed by atoms with Crippen molar-refractivity contribution in [3.8, 4) is 0 Å². The van der Waals surface area contributed by atoms with E-state index in [2.05, 4.69) is 38.8 Å². The maximum absolute atomic E-state index is 12.6. The van der Waals surface area contributed by atoms with Crippen molar-refractivity contribution in [2.24, 2.45) is 5.92 Å². The van der Waals surface area contributed by atoms with Crippen LogP contribution in [0.25, 0.3) is 0 Å². The molecule has 1 unspecified atom stereocenters. The van der Waals surface area contributed by atoms with E-state index in [0.29, 0.717) is 23.5 Å². The predicted molar refractivity (Wildman–Crippen MR) is 83.4 cm³/mol. The SMILES string of the molecule is CCC1CCN(S(=O)(=O)c2c(N)cc(Br)cc2Br)C1. The molecule has 0 aromatic heterocycles. The number of nitrogens with zero attached hydrogens (tertiary/aromatic N) is 1. The molecule has 2 N–H and O–H groups in total. The summed E-state index contributed by atoms with van der Waals surface area (Å²) in [5.74, 6) is 0.449. The summed E-state index contributed by atoms with van der Waals surface area (Å²) in [6, 6.07) is 3.32. The van der Waals surface area contributed by atoms with Gasteiger partial charge in [0.05, 0.1) is 5.69 Å². The summed E-state index contributed by atoms with van der Waals surface area (Å²) < 4.78 is 28.1. The van der Waals surface area contributed by atoms with E-state index in [0.717, 1.165) is 17.3 Å². The summed E-state index contributed by atoms with van der Waals surface area (Å²) in [4.78, 5) is 0.174. The number of rotatable bonds is 3. The molecule has 0 saturated carbocycles. The van der Waals surface area contributed by atoms with Gasteiger partial charge in [-0.05, 0) is 40.4 Å². The van der Waals surface area contributed by atoms with Gasteiger partial charge in [0, 0.05) is 22.0 Å². The zero-order valence-corrected chi connectivity index (χ0v) is 14.6. The second-order valence-corrected chi connectivity index (χ2v) is 8.38. The van der Waals surface area contributed by atoms with E-state index in [9.17, 15) is 8.42 Å². The number of halogens is 2. The van der Waals surface area contributed by atoms with Crippen LogP contribution in [-0.2, 0) is 10.0 Å². The highest BCUT2D eigenvalue weighted by Gasteiger charge is 2.34. The zero-order valence-electron chi connectivity index (χ0n) is 10.6. The summed E-state index contributed by atoms with van der Waals surface area (Å²) in [5.41, 5.74) is 6.14. The van der Waals surface area contributed by atoms with Crippen LogP contribution < -0.4 is 5.73 Å². The molecular formula is C12H16Br2N2O2S. The van der Waals surface area contributed by atoms with Crippen molar-refractivity contribution in [3.05, 3.63) is 21.1 Å². The van der Waals surface area contributed by atoms with E-state index in [4.69, 9.17) is 5.73 Å². The van der Waals surface area contributed by atoms with Gasteiger partial charge in [-0.2, -0.15) is 4.31 Å². The third kappa shape index (κ3) is 2.99. The van der Waals surface area contributed by atoms with E-state index in [1.54, 1.807) is 12.1 Å². The maximum atomic E-state index is 12.6. The van der Waals surface area contributed by atoms with Gasteiger partial charge in [0.1, 0.15) is 4.90 Å². The first-order valence-corrected chi connectivity index (χ1v) is 9.13. The fourth-order valence-corrected chi connectivity index (χ4v) is 5.88. The first-order valence-electron chi connectivity index (χ1n) is 6.11. The number of hydrogen-bond acceptors (Lipinski definition) is 3. The number of nitrogens with two attached hydrogens (primary N) is 1. The minimum absolute atomic E-state index is 0.174. The van der Waals surface area contributed by atoms with Crippen LogP contribution in [0.1, 0.15) is 19.8 Å². The smallest absolute Gasteiger partial charge is 0.246 e. The average molecular weight is 412 g/mol. The molecule has 1 aromatic carbocycles. The molecule has 0 radical (unpaired) electrons. The van der Waals surface area contributed by atoms with Gasteiger partial charge in [0.25, 0.3) is 0 Å². The lowest BCUT2D eigenvalue weighted by atomic mass is 10.1. The monoisotopic (exact) mass is 410 g/mol. The highest BCUT2D eigenvalue weighted by molar-refractivity contribution is 9.11. The second kappa shape index (κ2) is 5.71. The normalized spacial score (nSPS) is 20.9. The van der Waals surface area contributed by atoms with Gasteiger partial charge >= 0.3 is 0 Å². The molecule has 0 amide bonds. The Balaban J connectivity index is 2.41. The fourth-order valence-electron chi connectivity index (χ4n) is 2.33. The van der Waals surface area contributed by atoms with Crippen molar-refractivity contribution >= 4 is 47.6 Å². The third-order valence-electron chi connectivity index (χ3n) is 3.46. The van der Waals surface area contributed by atoms with E-state index in [-0.39, 0.29) is 10.6 Å². The Bertz CT molecular complexity index is 566. The lowest BCUT2D eigenvalue weighted by Crippen LogP contribution is -2.29. The third-order valence-corrected chi connectivity index (χ3v) is 6.79. The molecule has 1 heterocycles. The van der Waals surface area contributed by atoms with Gasteiger partial charge in [-0.15, -0.1) is 0 Å². The van der Waals surface area contributed by atoms with Crippen LogP contribution in [0.15, 0.2) is 26.0 Å².